The van der Waals surface area contributed by atoms with Gasteiger partial charge in [-0.05, 0) is 36.8 Å². The molecule has 0 aromatic heterocycles. The summed E-state index contributed by atoms with van der Waals surface area (Å²) in [5.41, 5.74) is 7.28. The Bertz CT molecular complexity index is 593. The van der Waals surface area contributed by atoms with E-state index in [2.05, 4.69) is 0 Å². The molecule has 0 amide bonds. The Morgan fingerprint density at radius 1 is 1.17 bits per heavy atom. The topological polar surface area (TPSA) is 72.5 Å². The van der Waals surface area contributed by atoms with Crippen molar-refractivity contribution in [1.82, 2.24) is 0 Å². The monoisotopic (exact) mass is 243 g/mol. The number of aryl methyl sites for hydroxylation is 1. The van der Waals surface area contributed by atoms with Gasteiger partial charge in [0, 0.05) is 0 Å². The second-order valence-electron chi connectivity index (χ2n) is 3.93. The molecule has 92 valence electrons. The lowest BCUT2D eigenvalue weighted by molar-refractivity contribution is 0.0696. The standard InChI is InChI=1S/C14H13NO3/c1-9-4-2-3-5-12(9)18-13-8-10(14(16)17)6-7-11(13)15/h2-8H,15H2,1H3,(H,16,17). The highest BCUT2D eigenvalue weighted by Gasteiger charge is 2.09. The fraction of sp³-hybridized carbons (Fsp3) is 0.0714. The number of carboxylic acid groups (broad SMARTS) is 1. The molecule has 4 nitrogen and oxygen atoms in total. The molecule has 0 bridgehead atoms. The van der Waals surface area contributed by atoms with Gasteiger partial charge in [0.1, 0.15) is 5.75 Å². The van der Waals surface area contributed by atoms with Crippen LogP contribution in [0.3, 0.4) is 0 Å². The minimum atomic E-state index is -1.01. The van der Waals surface area contributed by atoms with Gasteiger partial charge >= 0.3 is 5.97 Å². The van der Waals surface area contributed by atoms with Crippen molar-refractivity contribution in [2.75, 3.05) is 5.73 Å². The molecular weight excluding hydrogens is 230 g/mol. The summed E-state index contributed by atoms with van der Waals surface area (Å²) in [5, 5.41) is 8.92. The smallest absolute Gasteiger partial charge is 0.335 e. The van der Waals surface area contributed by atoms with E-state index >= 15 is 0 Å². The molecule has 0 heterocycles. The van der Waals surface area contributed by atoms with E-state index in [0.717, 1.165) is 5.56 Å². The fourth-order valence-corrected chi connectivity index (χ4v) is 1.55. The molecule has 0 atom stereocenters. The summed E-state index contributed by atoms with van der Waals surface area (Å²) in [6.07, 6.45) is 0. The average molecular weight is 243 g/mol. The first-order chi connectivity index (χ1) is 8.58. The maximum absolute atomic E-state index is 10.9. The Morgan fingerprint density at radius 3 is 2.56 bits per heavy atom. The second-order valence-corrected chi connectivity index (χ2v) is 3.93. The van der Waals surface area contributed by atoms with Gasteiger partial charge in [-0.25, -0.2) is 4.79 Å². The number of ether oxygens (including phenoxy) is 1. The van der Waals surface area contributed by atoms with Gasteiger partial charge < -0.3 is 15.6 Å². The highest BCUT2D eigenvalue weighted by Crippen LogP contribution is 2.30. The second kappa shape index (κ2) is 4.79. The van der Waals surface area contributed by atoms with Crippen molar-refractivity contribution in [2.45, 2.75) is 6.92 Å². The zero-order valence-corrected chi connectivity index (χ0v) is 9.88. The number of para-hydroxylation sites is 1. The highest BCUT2D eigenvalue weighted by atomic mass is 16.5. The van der Waals surface area contributed by atoms with Gasteiger partial charge in [-0.15, -0.1) is 0 Å². The maximum Gasteiger partial charge on any atom is 0.335 e. The first-order valence-corrected chi connectivity index (χ1v) is 5.44. The lowest BCUT2D eigenvalue weighted by Gasteiger charge is -2.11. The molecular formula is C14H13NO3. The number of anilines is 1. The van der Waals surface area contributed by atoms with E-state index in [-0.39, 0.29) is 5.56 Å². The number of rotatable bonds is 3. The van der Waals surface area contributed by atoms with Gasteiger partial charge in [0.05, 0.1) is 11.3 Å². The third-order valence-corrected chi connectivity index (χ3v) is 2.57. The molecule has 0 fully saturated rings. The molecule has 4 heteroatoms. The summed E-state index contributed by atoms with van der Waals surface area (Å²) in [6, 6.07) is 11.9. The third kappa shape index (κ3) is 2.43. The van der Waals surface area contributed by atoms with Gasteiger partial charge in [0.25, 0.3) is 0 Å². The predicted molar refractivity (Wildman–Crippen MR) is 69.1 cm³/mol. The SMILES string of the molecule is Cc1ccccc1Oc1cc(C(=O)O)ccc1N. The molecule has 0 saturated heterocycles. The molecule has 0 radical (unpaired) electrons. The number of aromatic carboxylic acids is 1. The summed E-state index contributed by atoms with van der Waals surface area (Å²) in [5.74, 6) is 0.000530. The van der Waals surface area contributed by atoms with E-state index in [1.54, 1.807) is 0 Å². The van der Waals surface area contributed by atoms with Crippen molar-refractivity contribution in [3.63, 3.8) is 0 Å². The zero-order valence-electron chi connectivity index (χ0n) is 9.88. The molecule has 18 heavy (non-hydrogen) atoms. The number of hydrogen-bond acceptors (Lipinski definition) is 3. The van der Waals surface area contributed by atoms with Gasteiger partial charge in [-0.3, -0.25) is 0 Å². The minimum Gasteiger partial charge on any atom is -0.478 e. The van der Waals surface area contributed by atoms with E-state index in [1.807, 2.05) is 31.2 Å². The van der Waals surface area contributed by atoms with Crippen molar-refractivity contribution in [1.29, 1.82) is 0 Å². The number of carboxylic acids is 1. The molecule has 0 aliphatic carbocycles. The van der Waals surface area contributed by atoms with Crippen LogP contribution >= 0.6 is 0 Å². The number of benzene rings is 2. The van der Waals surface area contributed by atoms with Crippen LogP contribution in [0.1, 0.15) is 15.9 Å². The van der Waals surface area contributed by atoms with Crippen LogP contribution in [0.2, 0.25) is 0 Å². The van der Waals surface area contributed by atoms with Crippen molar-refractivity contribution in [3.8, 4) is 11.5 Å². The van der Waals surface area contributed by atoms with Crippen LogP contribution in [-0.2, 0) is 0 Å². The van der Waals surface area contributed by atoms with Gasteiger partial charge in [0.15, 0.2) is 5.75 Å². The normalized spacial score (nSPS) is 10.1. The van der Waals surface area contributed by atoms with E-state index < -0.39 is 5.97 Å². The van der Waals surface area contributed by atoms with Crippen molar-refractivity contribution in [2.24, 2.45) is 0 Å². The van der Waals surface area contributed by atoms with E-state index in [0.29, 0.717) is 17.2 Å². The third-order valence-electron chi connectivity index (χ3n) is 2.57. The Balaban J connectivity index is 2.37. The van der Waals surface area contributed by atoms with Crippen LogP contribution < -0.4 is 10.5 Å². The van der Waals surface area contributed by atoms with Crippen molar-refractivity contribution in [3.05, 3.63) is 53.6 Å². The van der Waals surface area contributed by atoms with Crippen LogP contribution in [0.4, 0.5) is 5.69 Å². The van der Waals surface area contributed by atoms with E-state index in [9.17, 15) is 4.79 Å². The first kappa shape index (κ1) is 12.0. The largest absolute Gasteiger partial charge is 0.478 e. The van der Waals surface area contributed by atoms with Crippen LogP contribution in [0.5, 0.6) is 11.5 Å². The van der Waals surface area contributed by atoms with Crippen LogP contribution in [0.25, 0.3) is 0 Å². The van der Waals surface area contributed by atoms with E-state index in [4.69, 9.17) is 15.6 Å². The summed E-state index contributed by atoms with van der Waals surface area (Å²) in [4.78, 5) is 10.9. The average Bonchev–Trinajstić information content (AvgIpc) is 2.34. The lowest BCUT2D eigenvalue weighted by atomic mass is 10.2. The van der Waals surface area contributed by atoms with Crippen LogP contribution in [-0.4, -0.2) is 11.1 Å². The predicted octanol–water partition coefficient (Wildman–Crippen LogP) is 3.07. The maximum atomic E-state index is 10.9. The Labute approximate surface area is 105 Å². The molecule has 3 N–H and O–H groups in total. The summed E-state index contributed by atoms with van der Waals surface area (Å²) in [7, 11) is 0. The summed E-state index contributed by atoms with van der Waals surface area (Å²) < 4.78 is 5.64. The fourth-order valence-electron chi connectivity index (χ4n) is 1.55. The van der Waals surface area contributed by atoms with Gasteiger partial charge in [0.2, 0.25) is 0 Å². The molecule has 2 aromatic carbocycles. The molecule has 0 unspecified atom stereocenters. The molecule has 0 saturated carbocycles. The number of nitrogens with two attached hydrogens (primary N) is 1. The Morgan fingerprint density at radius 2 is 1.89 bits per heavy atom. The van der Waals surface area contributed by atoms with Crippen molar-refractivity contribution >= 4 is 11.7 Å². The number of hydrogen-bond donors (Lipinski definition) is 2. The van der Waals surface area contributed by atoms with Crippen molar-refractivity contribution < 1.29 is 14.6 Å². The molecule has 0 aliphatic heterocycles. The highest BCUT2D eigenvalue weighted by molar-refractivity contribution is 5.89. The lowest BCUT2D eigenvalue weighted by Crippen LogP contribution is -1.99. The summed E-state index contributed by atoms with van der Waals surface area (Å²) >= 11 is 0. The Kier molecular flexibility index (Phi) is 3.19. The quantitative estimate of drug-likeness (QED) is 0.812. The van der Waals surface area contributed by atoms with Crippen LogP contribution in [0.15, 0.2) is 42.5 Å². The minimum absolute atomic E-state index is 0.146. The molecule has 2 rings (SSSR count). The van der Waals surface area contributed by atoms with E-state index in [1.165, 1.54) is 18.2 Å². The zero-order chi connectivity index (χ0) is 13.1. The van der Waals surface area contributed by atoms with Gasteiger partial charge in [-0.1, -0.05) is 18.2 Å². The first-order valence-electron chi connectivity index (χ1n) is 5.44. The number of nitrogen functional groups attached to an aromatic ring is 1. The van der Waals surface area contributed by atoms with Gasteiger partial charge in [-0.2, -0.15) is 0 Å². The number of carbonyl (C=O) groups is 1. The molecule has 0 aliphatic rings. The molecule has 2 aromatic rings. The molecule has 0 spiro atoms. The van der Waals surface area contributed by atoms with Crippen LogP contribution in [0, 0.1) is 6.92 Å². The Hall–Kier alpha value is -2.49. The summed E-state index contributed by atoms with van der Waals surface area (Å²) in [6.45, 7) is 1.91.